The number of ether oxygens (including phenoxy) is 1. The van der Waals surface area contributed by atoms with Gasteiger partial charge in [-0.3, -0.25) is 4.79 Å². The second kappa shape index (κ2) is 8.24. The maximum atomic E-state index is 12.4. The van der Waals surface area contributed by atoms with E-state index < -0.39 is 12.2 Å². The lowest BCUT2D eigenvalue weighted by Gasteiger charge is -2.18. The van der Waals surface area contributed by atoms with Crippen molar-refractivity contribution in [3.63, 3.8) is 0 Å². The first-order valence-corrected chi connectivity index (χ1v) is 8.96. The van der Waals surface area contributed by atoms with Gasteiger partial charge >= 0.3 is 12.0 Å². The first-order chi connectivity index (χ1) is 11.1. The minimum Gasteiger partial charge on any atom is -0.439 e. The average Bonchev–Trinajstić information content (AvgIpc) is 3.07. The molecule has 1 fully saturated rings. The van der Waals surface area contributed by atoms with Crippen LogP contribution in [-0.4, -0.2) is 46.4 Å². The Hall–Kier alpha value is -1.70. The Kier molecular flexibility index (Phi) is 6.32. The van der Waals surface area contributed by atoms with Gasteiger partial charge in [0.15, 0.2) is 0 Å². The van der Waals surface area contributed by atoms with Crippen molar-refractivity contribution in [1.82, 2.24) is 15.1 Å². The summed E-state index contributed by atoms with van der Waals surface area (Å²) in [7, 11) is 0. The number of rotatable bonds is 8. The number of anilines is 1. The van der Waals surface area contributed by atoms with Gasteiger partial charge in [0.2, 0.25) is 11.4 Å². The molecule has 0 N–H and O–H groups in total. The van der Waals surface area contributed by atoms with Gasteiger partial charge in [-0.15, -0.1) is 10.2 Å². The summed E-state index contributed by atoms with van der Waals surface area (Å²) in [5.74, 6) is -0.407. The second-order valence-corrected chi connectivity index (χ2v) is 6.58. The number of carbonyl (C=O) groups excluding carboxylic acids is 2. The van der Waals surface area contributed by atoms with E-state index in [4.69, 9.17) is 4.74 Å². The van der Waals surface area contributed by atoms with Gasteiger partial charge in [-0.25, -0.2) is 9.69 Å². The van der Waals surface area contributed by atoms with Crippen LogP contribution in [-0.2, 0) is 16.0 Å². The lowest BCUT2D eigenvalue weighted by atomic mass is 10.2. The van der Waals surface area contributed by atoms with Crippen LogP contribution in [0.4, 0.5) is 9.93 Å². The Morgan fingerprint density at radius 2 is 2.09 bits per heavy atom. The van der Waals surface area contributed by atoms with Crippen molar-refractivity contribution in [3.8, 4) is 0 Å². The van der Waals surface area contributed by atoms with Gasteiger partial charge in [-0.05, 0) is 13.3 Å². The highest BCUT2D eigenvalue weighted by Crippen LogP contribution is 2.29. The van der Waals surface area contributed by atoms with Crippen molar-refractivity contribution in [1.29, 1.82) is 0 Å². The van der Waals surface area contributed by atoms with Crippen LogP contribution in [0.3, 0.4) is 0 Å². The van der Waals surface area contributed by atoms with E-state index in [0.717, 1.165) is 17.8 Å². The van der Waals surface area contributed by atoms with Crippen LogP contribution in [0.1, 0.15) is 51.5 Å². The number of likely N-dealkylation sites (N-methyl/N-ethyl adjacent to an activating group) is 1. The third-order valence-electron chi connectivity index (χ3n) is 3.73. The number of aromatic nitrogens is 2. The van der Waals surface area contributed by atoms with Gasteiger partial charge in [0.25, 0.3) is 0 Å². The molecule has 8 heteroatoms. The predicted octanol–water partition coefficient (Wildman–Crippen LogP) is 2.81. The molecular weight excluding hydrogens is 316 g/mol. The standard InChI is InChI=1S/C15H24N4O3S/c1-4-6-7-8-9-12-16-17-14(23-12)19-13(22-11(3)20)10-18(5-2)15(19)21/h13H,4-10H2,1-3H3. The third kappa shape index (κ3) is 4.40. The van der Waals surface area contributed by atoms with Crippen LogP contribution in [0.15, 0.2) is 0 Å². The summed E-state index contributed by atoms with van der Waals surface area (Å²) in [5.41, 5.74) is 0. The molecule has 1 aliphatic heterocycles. The van der Waals surface area contributed by atoms with E-state index in [-0.39, 0.29) is 6.03 Å². The van der Waals surface area contributed by atoms with E-state index in [1.54, 1.807) is 4.90 Å². The molecule has 0 aliphatic carbocycles. The zero-order valence-corrected chi connectivity index (χ0v) is 14.8. The van der Waals surface area contributed by atoms with Crippen molar-refractivity contribution < 1.29 is 14.3 Å². The highest BCUT2D eigenvalue weighted by Gasteiger charge is 2.41. The third-order valence-corrected chi connectivity index (χ3v) is 4.71. The molecule has 1 aromatic rings. The Morgan fingerprint density at radius 1 is 1.30 bits per heavy atom. The second-order valence-electron chi connectivity index (χ2n) is 5.54. The molecule has 2 amide bonds. The fourth-order valence-electron chi connectivity index (χ4n) is 2.52. The van der Waals surface area contributed by atoms with Gasteiger partial charge < -0.3 is 9.64 Å². The zero-order valence-electron chi connectivity index (χ0n) is 13.9. The number of amides is 2. The molecule has 1 saturated heterocycles. The highest BCUT2D eigenvalue weighted by atomic mass is 32.1. The maximum Gasteiger partial charge on any atom is 0.329 e. The van der Waals surface area contributed by atoms with Crippen molar-refractivity contribution in [2.24, 2.45) is 0 Å². The number of unbranched alkanes of at least 4 members (excludes halogenated alkanes) is 3. The van der Waals surface area contributed by atoms with Crippen LogP contribution >= 0.6 is 11.3 Å². The van der Waals surface area contributed by atoms with Crippen LogP contribution in [0.5, 0.6) is 0 Å². The van der Waals surface area contributed by atoms with Gasteiger partial charge in [-0.1, -0.05) is 37.5 Å². The Bertz CT molecular complexity index is 549. The zero-order chi connectivity index (χ0) is 16.8. The van der Waals surface area contributed by atoms with E-state index in [9.17, 15) is 9.59 Å². The molecule has 0 bridgehead atoms. The van der Waals surface area contributed by atoms with Crippen LogP contribution < -0.4 is 4.90 Å². The Morgan fingerprint density at radius 3 is 2.74 bits per heavy atom. The quantitative estimate of drug-likeness (QED) is 0.537. The molecule has 23 heavy (non-hydrogen) atoms. The summed E-state index contributed by atoms with van der Waals surface area (Å²) in [5, 5.41) is 9.72. The van der Waals surface area contributed by atoms with E-state index in [2.05, 4.69) is 17.1 Å². The fourth-order valence-corrected chi connectivity index (χ4v) is 3.44. The van der Waals surface area contributed by atoms with E-state index in [1.807, 2.05) is 6.92 Å². The first-order valence-electron chi connectivity index (χ1n) is 8.14. The molecule has 0 saturated carbocycles. The van der Waals surface area contributed by atoms with E-state index in [1.165, 1.54) is 42.4 Å². The van der Waals surface area contributed by atoms with Gasteiger partial charge in [0.05, 0.1) is 6.54 Å². The minimum absolute atomic E-state index is 0.188. The molecule has 0 aromatic carbocycles. The number of hydrogen-bond donors (Lipinski definition) is 0. The molecule has 1 aromatic heterocycles. The van der Waals surface area contributed by atoms with Gasteiger partial charge in [0.1, 0.15) is 5.01 Å². The highest BCUT2D eigenvalue weighted by molar-refractivity contribution is 7.15. The van der Waals surface area contributed by atoms with Crippen molar-refractivity contribution in [3.05, 3.63) is 5.01 Å². The molecule has 2 heterocycles. The number of hydrogen-bond acceptors (Lipinski definition) is 6. The van der Waals surface area contributed by atoms with Gasteiger partial charge in [-0.2, -0.15) is 0 Å². The fraction of sp³-hybridized carbons (Fsp3) is 0.733. The molecule has 2 rings (SSSR count). The maximum absolute atomic E-state index is 12.4. The first kappa shape index (κ1) is 17.7. The number of carbonyl (C=O) groups is 2. The summed E-state index contributed by atoms with van der Waals surface area (Å²) in [6, 6.07) is -0.188. The number of aryl methyl sites for hydroxylation is 1. The van der Waals surface area contributed by atoms with Crippen molar-refractivity contribution >= 4 is 28.5 Å². The molecule has 128 valence electrons. The topological polar surface area (TPSA) is 75.6 Å². The Labute approximate surface area is 140 Å². The predicted molar refractivity (Wildman–Crippen MR) is 88.4 cm³/mol. The normalized spacial score (nSPS) is 17.9. The smallest absolute Gasteiger partial charge is 0.329 e. The lowest BCUT2D eigenvalue weighted by molar-refractivity contribution is -0.145. The van der Waals surface area contributed by atoms with Crippen molar-refractivity contribution in [2.75, 3.05) is 18.0 Å². The largest absolute Gasteiger partial charge is 0.439 e. The number of esters is 1. The lowest BCUT2D eigenvalue weighted by Crippen LogP contribution is -2.37. The van der Waals surface area contributed by atoms with Crippen molar-refractivity contribution in [2.45, 2.75) is 59.1 Å². The van der Waals surface area contributed by atoms with Gasteiger partial charge in [0, 0.05) is 19.9 Å². The number of urea groups is 1. The molecular formula is C15H24N4O3S. The SMILES string of the molecule is CCCCCCc1nnc(N2C(=O)N(CC)CC2OC(C)=O)s1. The number of nitrogens with zero attached hydrogens (tertiary/aromatic N) is 4. The molecule has 1 unspecified atom stereocenters. The summed E-state index contributed by atoms with van der Waals surface area (Å²) in [6.07, 6.45) is 4.91. The van der Waals surface area contributed by atoms with Crippen LogP contribution in [0, 0.1) is 0 Å². The van der Waals surface area contributed by atoms with Crippen LogP contribution in [0.25, 0.3) is 0 Å². The molecule has 1 aliphatic rings. The minimum atomic E-state index is -0.624. The summed E-state index contributed by atoms with van der Waals surface area (Å²) in [6.45, 7) is 6.34. The molecule has 0 spiro atoms. The summed E-state index contributed by atoms with van der Waals surface area (Å²) < 4.78 is 5.27. The molecule has 7 nitrogen and oxygen atoms in total. The molecule has 0 radical (unpaired) electrons. The monoisotopic (exact) mass is 340 g/mol. The van der Waals surface area contributed by atoms with Crippen LogP contribution in [0.2, 0.25) is 0 Å². The summed E-state index contributed by atoms with van der Waals surface area (Å²) >= 11 is 1.40. The van der Waals surface area contributed by atoms with E-state index in [0.29, 0.717) is 18.2 Å². The Balaban J connectivity index is 2.06. The van der Waals surface area contributed by atoms with E-state index >= 15 is 0 Å². The summed E-state index contributed by atoms with van der Waals surface area (Å²) in [4.78, 5) is 26.8. The average molecular weight is 340 g/mol. The molecule has 1 atom stereocenters.